The number of hydrogen-bond donors (Lipinski definition) is 1. The fraction of sp³-hybridized carbons (Fsp3) is 0.529. The minimum Gasteiger partial charge on any atom is -0.495 e. The van der Waals surface area contributed by atoms with Crippen LogP contribution >= 0.6 is 0 Å². The standard InChI is InChI=1S/C17H28N2O/c1-5-10-18-14-15-8-9-16(17(13-15)20-4)19(11-6-2)12-7-3/h5,8-9,13,18H,1,6-7,10-12,14H2,2-4H3. The zero-order chi connectivity index (χ0) is 14.8. The number of nitrogens with one attached hydrogen (secondary N) is 1. The van der Waals surface area contributed by atoms with Crippen LogP contribution in [0.5, 0.6) is 5.75 Å². The summed E-state index contributed by atoms with van der Waals surface area (Å²) in [5.74, 6) is 0.963. The molecule has 0 saturated heterocycles. The molecule has 0 aromatic heterocycles. The van der Waals surface area contributed by atoms with Gasteiger partial charge in [-0.1, -0.05) is 26.0 Å². The summed E-state index contributed by atoms with van der Waals surface area (Å²) in [6.45, 7) is 11.9. The highest BCUT2D eigenvalue weighted by Gasteiger charge is 2.11. The SMILES string of the molecule is C=CCNCc1ccc(N(CCC)CCC)c(OC)c1. The lowest BCUT2D eigenvalue weighted by atomic mass is 10.1. The zero-order valence-electron chi connectivity index (χ0n) is 13.1. The van der Waals surface area contributed by atoms with Gasteiger partial charge in [0, 0.05) is 26.2 Å². The van der Waals surface area contributed by atoms with Crippen molar-refractivity contribution in [3.63, 3.8) is 0 Å². The molecule has 1 N–H and O–H groups in total. The first-order valence-corrected chi connectivity index (χ1v) is 7.50. The molecule has 0 aliphatic carbocycles. The third kappa shape index (κ3) is 4.89. The highest BCUT2D eigenvalue weighted by molar-refractivity contribution is 5.59. The third-order valence-corrected chi connectivity index (χ3v) is 3.19. The Morgan fingerprint density at radius 3 is 2.50 bits per heavy atom. The van der Waals surface area contributed by atoms with E-state index in [0.717, 1.165) is 44.8 Å². The molecule has 3 heteroatoms. The second kappa shape index (κ2) is 9.43. The monoisotopic (exact) mass is 276 g/mol. The van der Waals surface area contributed by atoms with Crippen molar-refractivity contribution < 1.29 is 4.74 Å². The zero-order valence-corrected chi connectivity index (χ0v) is 13.1. The van der Waals surface area contributed by atoms with Crippen LogP contribution in [-0.2, 0) is 6.54 Å². The molecule has 0 saturated carbocycles. The summed E-state index contributed by atoms with van der Waals surface area (Å²) in [4.78, 5) is 2.40. The van der Waals surface area contributed by atoms with Crippen LogP contribution in [0.3, 0.4) is 0 Å². The smallest absolute Gasteiger partial charge is 0.142 e. The average Bonchev–Trinajstić information content (AvgIpc) is 2.47. The van der Waals surface area contributed by atoms with Crippen molar-refractivity contribution in [3.05, 3.63) is 36.4 Å². The lowest BCUT2D eigenvalue weighted by Crippen LogP contribution is -2.25. The Morgan fingerprint density at radius 1 is 1.25 bits per heavy atom. The summed E-state index contributed by atoms with van der Waals surface area (Å²) in [6.07, 6.45) is 4.16. The van der Waals surface area contributed by atoms with Gasteiger partial charge >= 0.3 is 0 Å². The van der Waals surface area contributed by atoms with Gasteiger partial charge in [-0.15, -0.1) is 6.58 Å². The van der Waals surface area contributed by atoms with Crippen molar-refractivity contribution in [2.75, 3.05) is 31.6 Å². The van der Waals surface area contributed by atoms with Gasteiger partial charge in [-0.25, -0.2) is 0 Å². The van der Waals surface area contributed by atoms with Crippen LogP contribution in [0.2, 0.25) is 0 Å². The van der Waals surface area contributed by atoms with E-state index < -0.39 is 0 Å². The molecule has 0 aliphatic heterocycles. The molecule has 0 spiro atoms. The van der Waals surface area contributed by atoms with E-state index in [2.05, 4.69) is 48.8 Å². The van der Waals surface area contributed by atoms with E-state index in [-0.39, 0.29) is 0 Å². The van der Waals surface area contributed by atoms with E-state index in [4.69, 9.17) is 4.74 Å². The van der Waals surface area contributed by atoms with Crippen molar-refractivity contribution in [1.82, 2.24) is 5.32 Å². The van der Waals surface area contributed by atoms with Gasteiger partial charge in [-0.2, -0.15) is 0 Å². The molecule has 1 aromatic rings. The van der Waals surface area contributed by atoms with Crippen LogP contribution in [0, 0.1) is 0 Å². The second-order valence-corrected chi connectivity index (χ2v) is 4.91. The molecule has 0 amide bonds. The first kappa shape index (κ1) is 16.6. The molecule has 0 fully saturated rings. The van der Waals surface area contributed by atoms with E-state index >= 15 is 0 Å². The van der Waals surface area contributed by atoms with Crippen LogP contribution in [0.1, 0.15) is 32.3 Å². The topological polar surface area (TPSA) is 24.5 Å². The van der Waals surface area contributed by atoms with E-state index in [9.17, 15) is 0 Å². The quantitative estimate of drug-likeness (QED) is 0.522. The lowest BCUT2D eigenvalue weighted by Gasteiger charge is -2.26. The second-order valence-electron chi connectivity index (χ2n) is 4.91. The number of hydrogen-bond acceptors (Lipinski definition) is 3. The Kier molecular flexibility index (Phi) is 7.81. The minimum atomic E-state index is 0.821. The molecule has 0 radical (unpaired) electrons. The lowest BCUT2D eigenvalue weighted by molar-refractivity contribution is 0.413. The first-order chi connectivity index (χ1) is 9.76. The molecule has 20 heavy (non-hydrogen) atoms. The van der Waals surface area contributed by atoms with Crippen LogP contribution < -0.4 is 15.0 Å². The molecule has 0 bridgehead atoms. The summed E-state index contributed by atoms with van der Waals surface area (Å²) in [5.41, 5.74) is 2.43. The van der Waals surface area contributed by atoms with Gasteiger partial charge < -0.3 is 15.0 Å². The molecule has 1 aromatic carbocycles. The van der Waals surface area contributed by atoms with Crippen LogP contribution in [0.25, 0.3) is 0 Å². The minimum absolute atomic E-state index is 0.821. The Labute approximate surface area is 123 Å². The summed E-state index contributed by atoms with van der Waals surface area (Å²) < 4.78 is 5.58. The number of benzene rings is 1. The van der Waals surface area contributed by atoms with Crippen LogP contribution in [0.4, 0.5) is 5.69 Å². The molecule has 0 atom stereocenters. The number of anilines is 1. The maximum Gasteiger partial charge on any atom is 0.142 e. The fourth-order valence-electron chi connectivity index (χ4n) is 2.30. The van der Waals surface area contributed by atoms with Gasteiger partial charge in [0.05, 0.1) is 12.8 Å². The van der Waals surface area contributed by atoms with Crippen LogP contribution in [0.15, 0.2) is 30.9 Å². The summed E-state index contributed by atoms with van der Waals surface area (Å²) in [6, 6.07) is 6.48. The van der Waals surface area contributed by atoms with Crippen molar-refractivity contribution in [2.24, 2.45) is 0 Å². The van der Waals surface area contributed by atoms with Gasteiger partial charge in [0.15, 0.2) is 0 Å². The van der Waals surface area contributed by atoms with E-state index in [1.54, 1.807) is 7.11 Å². The fourth-order valence-corrected chi connectivity index (χ4v) is 2.30. The van der Waals surface area contributed by atoms with E-state index in [1.807, 2.05) is 6.08 Å². The van der Waals surface area contributed by atoms with Gasteiger partial charge in [0.1, 0.15) is 5.75 Å². The molecule has 0 aliphatic rings. The average molecular weight is 276 g/mol. The largest absolute Gasteiger partial charge is 0.495 e. The van der Waals surface area contributed by atoms with Crippen LogP contribution in [-0.4, -0.2) is 26.7 Å². The van der Waals surface area contributed by atoms with Gasteiger partial charge in [-0.3, -0.25) is 0 Å². The maximum absolute atomic E-state index is 5.58. The van der Waals surface area contributed by atoms with Crippen molar-refractivity contribution in [2.45, 2.75) is 33.2 Å². The Hall–Kier alpha value is -1.48. The summed E-state index contributed by atoms with van der Waals surface area (Å²) >= 11 is 0. The van der Waals surface area contributed by atoms with Crippen molar-refractivity contribution >= 4 is 5.69 Å². The Balaban J connectivity index is 2.87. The summed E-state index contributed by atoms with van der Waals surface area (Å²) in [7, 11) is 1.75. The van der Waals surface area contributed by atoms with Crippen molar-refractivity contribution in [3.8, 4) is 5.75 Å². The molecule has 0 unspecified atom stereocenters. The Bertz CT molecular complexity index is 398. The molecule has 1 rings (SSSR count). The van der Waals surface area contributed by atoms with Gasteiger partial charge in [0.2, 0.25) is 0 Å². The van der Waals surface area contributed by atoms with Crippen molar-refractivity contribution in [1.29, 1.82) is 0 Å². The van der Waals surface area contributed by atoms with E-state index in [0.29, 0.717) is 0 Å². The third-order valence-electron chi connectivity index (χ3n) is 3.19. The predicted octanol–water partition coefficient (Wildman–Crippen LogP) is 3.60. The highest BCUT2D eigenvalue weighted by Crippen LogP contribution is 2.29. The molecule has 3 nitrogen and oxygen atoms in total. The molecular weight excluding hydrogens is 248 g/mol. The van der Waals surface area contributed by atoms with Gasteiger partial charge in [0.25, 0.3) is 0 Å². The highest BCUT2D eigenvalue weighted by atomic mass is 16.5. The number of nitrogens with zero attached hydrogens (tertiary/aromatic N) is 1. The normalized spacial score (nSPS) is 10.3. The molecule has 0 heterocycles. The van der Waals surface area contributed by atoms with Gasteiger partial charge in [-0.05, 0) is 30.5 Å². The molecular formula is C17H28N2O. The molecule has 112 valence electrons. The Morgan fingerprint density at radius 2 is 1.95 bits per heavy atom. The number of rotatable bonds is 10. The van der Waals surface area contributed by atoms with E-state index in [1.165, 1.54) is 11.3 Å². The number of ether oxygens (including phenoxy) is 1. The maximum atomic E-state index is 5.58. The predicted molar refractivity (Wildman–Crippen MR) is 87.7 cm³/mol. The number of methoxy groups -OCH3 is 1. The first-order valence-electron chi connectivity index (χ1n) is 7.50. The summed E-state index contributed by atoms with van der Waals surface area (Å²) in [5, 5.41) is 3.31.